The molecule has 0 saturated heterocycles. The molecule has 2 aliphatic rings. The molecule has 0 amide bonds. The summed E-state index contributed by atoms with van der Waals surface area (Å²) >= 11 is 0. The van der Waals surface area contributed by atoms with Crippen molar-refractivity contribution in [1.82, 2.24) is 0 Å². The van der Waals surface area contributed by atoms with Crippen molar-refractivity contribution in [2.75, 3.05) is 27.6 Å². The van der Waals surface area contributed by atoms with Gasteiger partial charge in [0.1, 0.15) is 17.2 Å². The predicted molar refractivity (Wildman–Crippen MR) is 134 cm³/mol. The van der Waals surface area contributed by atoms with E-state index in [1.54, 1.807) is 7.11 Å². The van der Waals surface area contributed by atoms with Crippen LogP contribution in [0.5, 0.6) is 28.7 Å². The van der Waals surface area contributed by atoms with Crippen molar-refractivity contribution in [2.45, 2.75) is 25.9 Å². The number of esters is 1. The Bertz CT molecular complexity index is 1310. The summed E-state index contributed by atoms with van der Waals surface area (Å²) in [5.74, 6) is 2.70. The Labute approximate surface area is 210 Å². The standard InChI is InChI=1S/C29H28O7/c1-4-5-14-33-19-11-13-23-21(16-19)26(18-10-12-24-25(15-18)35-17-34-24)27(29(30)32-3)28(36-23)20-8-6-7-9-22(20)31-2/h6-13,15-16,28H,4-5,14,17H2,1-3H3. The molecule has 0 N–H and O–H groups in total. The average molecular weight is 489 g/mol. The van der Waals surface area contributed by atoms with Crippen LogP contribution in [0, 0.1) is 0 Å². The van der Waals surface area contributed by atoms with E-state index in [4.69, 9.17) is 28.4 Å². The van der Waals surface area contributed by atoms with Crippen LogP contribution in [0.3, 0.4) is 0 Å². The van der Waals surface area contributed by atoms with Gasteiger partial charge in [-0.05, 0) is 48.4 Å². The highest BCUT2D eigenvalue weighted by molar-refractivity contribution is 6.05. The fourth-order valence-corrected chi connectivity index (χ4v) is 4.48. The van der Waals surface area contributed by atoms with Crippen LogP contribution in [0.15, 0.2) is 66.2 Å². The van der Waals surface area contributed by atoms with E-state index in [-0.39, 0.29) is 6.79 Å². The number of hydrogen-bond acceptors (Lipinski definition) is 7. The zero-order valence-corrected chi connectivity index (χ0v) is 20.5. The molecular formula is C29H28O7. The molecule has 0 fully saturated rings. The Kier molecular flexibility index (Phi) is 6.71. The van der Waals surface area contributed by atoms with Crippen molar-refractivity contribution >= 4 is 11.5 Å². The Morgan fingerprint density at radius 2 is 1.78 bits per heavy atom. The molecule has 7 heteroatoms. The summed E-state index contributed by atoms with van der Waals surface area (Å²) in [5.41, 5.74) is 3.26. The summed E-state index contributed by atoms with van der Waals surface area (Å²) in [5, 5.41) is 0. The van der Waals surface area contributed by atoms with Crippen molar-refractivity contribution < 1.29 is 33.2 Å². The van der Waals surface area contributed by atoms with E-state index in [0.29, 0.717) is 52.1 Å². The van der Waals surface area contributed by atoms with Gasteiger partial charge in [-0.15, -0.1) is 0 Å². The van der Waals surface area contributed by atoms with Crippen molar-refractivity contribution in [3.8, 4) is 28.7 Å². The first kappa shape index (κ1) is 23.6. The Hall–Kier alpha value is -4.13. The summed E-state index contributed by atoms with van der Waals surface area (Å²) < 4.78 is 34.5. The predicted octanol–water partition coefficient (Wildman–Crippen LogP) is 5.71. The Morgan fingerprint density at radius 1 is 0.972 bits per heavy atom. The molecule has 0 aromatic heterocycles. The normalized spacial score (nSPS) is 15.7. The van der Waals surface area contributed by atoms with E-state index in [0.717, 1.165) is 24.0 Å². The first-order valence-corrected chi connectivity index (χ1v) is 11.9. The molecule has 3 aromatic carbocycles. The summed E-state index contributed by atoms with van der Waals surface area (Å²) in [6, 6.07) is 18.8. The number of fused-ring (bicyclic) bond motifs is 2. The average Bonchev–Trinajstić information content (AvgIpc) is 3.39. The number of unbranched alkanes of at least 4 members (excludes halogenated alkanes) is 1. The van der Waals surface area contributed by atoms with Crippen LogP contribution in [-0.4, -0.2) is 33.6 Å². The minimum atomic E-state index is -0.756. The quantitative estimate of drug-likeness (QED) is 0.297. The number of benzene rings is 3. The third kappa shape index (κ3) is 4.33. The molecule has 2 heterocycles. The van der Waals surface area contributed by atoms with E-state index in [2.05, 4.69) is 6.92 Å². The lowest BCUT2D eigenvalue weighted by atomic mass is 9.85. The van der Waals surface area contributed by atoms with Gasteiger partial charge in [0.15, 0.2) is 17.6 Å². The van der Waals surface area contributed by atoms with Crippen molar-refractivity contribution in [3.05, 3.63) is 82.9 Å². The zero-order valence-electron chi connectivity index (χ0n) is 20.5. The third-order valence-electron chi connectivity index (χ3n) is 6.25. The van der Waals surface area contributed by atoms with Gasteiger partial charge < -0.3 is 28.4 Å². The number of hydrogen-bond donors (Lipinski definition) is 0. The van der Waals surface area contributed by atoms with Crippen molar-refractivity contribution in [3.63, 3.8) is 0 Å². The first-order chi connectivity index (χ1) is 17.6. The van der Waals surface area contributed by atoms with Gasteiger partial charge in [-0.2, -0.15) is 0 Å². The van der Waals surface area contributed by atoms with Crippen LogP contribution in [0.25, 0.3) is 5.57 Å². The maximum atomic E-state index is 13.4. The van der Waals surface area contributed by atoms with E-state index >= 15 is 0 Å². The molecule has 3 aromatic rings. The van der Waals surface area contributed by atoms with Gasteiger partial charge in [-0.1, -0.05) is 37.6 Å². The molecule has 0 aliphatic carbocycles. The van der Waals surface area contributed by atoms with Crippen molar-refractivity contribution in [1.29, 1.82) is 0 Å². The Morgan fingerprint density at radius 3 is 2.58 bits per heavy atom. The molecule has 1 atom stereocenters. The van der Waals surface area contributed by atoms with Gasteiger partial charge in [0.2, 0.25) is 6.79 Å². The van der Waals surface area contributed by atoms with Gasteiger partial charge in [0.25, 0.3) is 0 Å². The fourth-order valence-electron chi connectivity index (χ4n) is 4.48. The van der Waals surface area contributed by atoms with Crippen LogP contribution >= 0.6 is 0 Å². The van der Waals surface area contributed by atoms with Crippen LogP contribution in [-0.2, 0) is 9.53 Å². The number of ether oxygens (including phenoxy) is 6. The van der Waals surface area contributed by atoms with Crippen LogP contribution in [0.2, 0.25) is 0 Å². The number of para-hydroxylation sites is 1. The van der Waals surface area contributed by atoms with Gasteiger partial charge in [-0.3, -0.25) is 0 Å². The molecular weight excluding hydrogens is 460 g/mol. The van der Waals surface area contributed by atoms with Gasteiger partial charge >= 0.3 is 5.97 Å². The van der Waals surface area contributed by atoms with Gasteiger partial charge in [-0.25, -0.2) is 4.79 Å². The first-order valence-electron chi connectivity index (χ1n) is 11.9. The number of rotatable bonds is 8. The second kappa shape index (κ2) is 10.2. The van der Waals surface area contributed by atoms with Crippen LogP contribution in [0.4, 0.5) is 0 Å². The van der Waals surface area contributed by atoms with Gasteiger partial charge in [0.05, 0.1) is 26.4 Å². The van der Waals surface area contributed by atoms with E-state index < -0.39 is 12.1 Å². The maximum absolute atomic E-state index is 13.4. The molecule has 0 radical (unpaired) electrons. The molecule has 186 valence electrons. The van der Waals surface area contributed by atoms with E-state index in [9.17, 15) is 4.79 Å². The number of methoxy groups -OCH3 is 2. The SMILES string of the molecule is CCCCOc1ccc2c(c1)C(c1ccc3c(c1)OCO3)=C(C(=O)OC)C(c1ccccc1OC)O2. The minimum absolute atomic E-state index is 0.153. The highest BCUT2D eigenvalue weighted by Crippen LogP contribution is 2.49. The molecule has 5 rings (SSSR count). The molecule has 36 heavy (non-hydrogen) atoms. The lowest BCUT2D eigenvalue weighted by Crippen LogP contribution is -2.24. The molecule has 7 nitrogen and oxygen atoms in total. The fraction of sp³-hybridized carbons (Fsp3) is 0.276. The topological polar surface area (TPSA) is 72.5 Å². The van der Waals surface area contributed by atoms with Crippen LogP contribution < -0.4 is 23.7 Å². The summed E-state index contributed by atoms with van der Waals surface area (Å²) in [6.45, 7) is 2.87. The maximum Gasteiger partial charge on any atom is 0.338 e. The minimum Gasteiger partial charge on any atom is -0.496 e. The second-order valence-corrected chi connectivity index (χ2v) is 8.45. The van der Waals surface area contributed by atoms with E-state index in [1.807, 2.05) is 60.7 Å². The monoisotopic (exact) mass is 488 g/mol. The highest BCUT2D eigenvalue weighted by atomic mass is 16.7. The zero-order chi connectivity index (χ0) is 25.1. The smallest absolute Gasteiger partial charge is 0.338 e. The molecule has 0 bridgehead atoms. The largest absolute Gasteiger partial charge is 0.496 e. The lowest BCUT2D eigenvalue weighted by Gasteiger charge is -2.31. The van der Waals surface area contributed by atoms with Crippen LogP contribution in [0.1, 0.15) is 42.6 Å². The molecule has 0 spiro atoms. The second-order valence-electron chi connectivity index (χ2n) is 8.45. The number of carbonyl (C=O) groups excluding carboxylic acids is 1. The molecule has 1 unspecified atom stereocenters. The third-order valence-corrected chi connectivity index (χ3v) is 6.25. The van der Waals surface area contributed by atoms with Gasteiger partial charge in [0, 0.05) is 16.7 Å². The summed E-state index contributed by atoms with van der Waals surface area (Å²) in [7, 11) is 2.96. The summed E-state index contributed by atoms with van der Waals surface area (Å²) in [4.78, 5) is 13.4. The lowest BCUT2D eigenvalue weighted by molar-refractivity contribution is -0.137. The van der Waals surface area contributed by atoms with Crippen molar-refractivity contribution in [2.24, 2.45) is 0 Å². The van der Waals surface area contributed by atoms with E-state index in [1.165, 1.54) is 7.11 Å². The molecule has 2 aliphatic heterocycles. The Balaban J connectivity index is 1.74. The highest BCUT2D eigenvalue weighted by Gasteiger charge is 2.37. The number of carbonyl (C=O) groups is 1. The molecule has 0 saturated carbocycles. The summed E-state index contributed by atoms with van der Waals surface area (Å²) in [6.07, 6.45) is 1.22.